The molecule has 0 N–H and O–H groups in total. The highest BCUT2D eigenvalue weighted by Gasteiger charge is 2.19. The molecule has 270 valence electrons. The molecule has 0 aliphatic heterocycles. The summed E-state index contributed by atoms with van der Waals surface area (Å²) in [4.78, 5) is 0. The van der Waals surface area contributed by atoms with Crippen LogP contribution in [0.2, 0.25) is 0 Å². The van der Waals surface area contributed by atoms with Crippen LogP contribution in [0.3, 0.4) is 0 Å². The van der Waals surface area contributed by atoms with Gasteiger partial charge >= 0.3 is 0 Å². The maximum absolute atomic E-state index is 2.42. The number of fused-ring (bicyclic) bond motifs is 8. The molecule has 0 aliphatic rings. The van der Waals surface area contributed by atoms with Crippen molar-refractivity contribution in [1.29, 1.82) is 0 Å². The van der Waals surface area contributed by atoms with Crippen LogP contribution in [0.4, 0.5) is 0 Å². The molecule has 0 radical (unpaired) electrons. The van der Waals surface area contributed by atoms with E-state index >= 15 is 0 Å². The summed E-state index contributed by atoms with van der Waals surface area (Å²) >= 11 is 0. The summed E-state index contributed by atoms with van der Waals surface area (Å²) in [6.45, 7) is 0. The minimum absolute atomic E-state index is 1.15. The number of benzene rings is 10. The molecular weight excluding hydrogens is 701 g/mol. The van der Waals surface area contributed by atoms with Crippen molar-refractivity contribution in [3.05, 3.63) is 218 Å². The second-order valence-corrected chi connectivity index (χ2v) is 15.3. The predicted molar refractivity (Wildman–Crippen MR) is 246 cm³/mol. The highest BCUT2D eigenvalue weighted by atomic mass is 15.0. The number of nitrogens with zero attached hydrogens (tertiary/aromatic N) is 2. The van der Waals surface area contributed by atoms with Crippen LogP contribution in [-0.2, 0) is 0 Å². The molecule has 2 heteroatoms. The van der Waals surface area contributed by atoms with Crippen molar-refractivity contribution in [3.63, 3.8) is 0 Å². The van der Waals surface area contributed by atoms with Crippen LogP contribution < -0.4 is 0 Å². The third-order valence-electron chi connectivity index (χ3n) is 12.1. The van der Waals surface area contributed by atoms with Crippen LogP contribution in [-0.4, -0.2) is 9.13 Å². The molecule has 12 rings (SSSR count). The Morgan fingerprint density at radius 2 is 0.534 bits per heavy atom. The zero-order chi connectivity index (χ0) is 38.2. The summed E-state index contributed by atoms with van der Waals surface area (Å²) in [6.07, 6.45) is 0. The SMILES string of the molecule is c1ccc(-c2c3ccccc3c(-c3ccc(-n4c5ccccc5c5cc(-c6ccc7c(c6)c6ccccc6n7-c6ccccc6)ccc54)cc3)c3ccccc23)cc1. The first kappa shape index (κ1) is 32.6. The lowest BCUT2D eigenvalue weighted by Crippen LogP contribution is -1.95. The standard InChI is InChI=1S/C56H36N2/c1-3-15-37(16-4-1)55-45-21-7-9-23-47(45)56(48-24-10-8-22-46(48)55)38-27-31-42(32-28-38)58-52-26-14-12-20-44(52)50-36-40(30-34-54(50)58)39-29-33-53-49(35-39)43-19-11-13-25-51(43)57(53)41-17-5-2-6-18-41/h1-36H. The van der Waals surface area contributed by atoms with Gasteiger partial charge in [-0.2, -0.15) is 0 Å². The summed E-state index contributed by atoms with van der Waals surface area (Å²) in [5.74, 6) is 0. The number of aromatic nitrogens is 2. The van der Waals surface area contributed by atoms with E-state index in [0.717, 1.165) is 5.69 Å². The number of rotatable bonds is 5. The van der Waals surface area contributed by atoms with E-state index in [1.54, 1.807) is 0 Å². The van der Waals surface area contributed by atoms with Gasteiger partial charge in [-0.25, -0.2) is 0 Å². The van der Waals surface area contributed by atoms with Crippen molar-refractivity contribution in [2.75, 3.05) is 0 Å². The second-order valence-electron chi connectivity index (χ2n) is 15.3. The summed E-state index contributed by atoms with van der Waals surface area (Å²) in [5, 5.41) is 10.1. The molecule has 12 aromatic rings. The van der Waals surface area contributed by atoms with Crippen molar-refractivity contribution in [2.45, 2.75) is 0 Å². The van der Waals surface area contributed by atoms with Crippen molar-refractivity contribution < 1.29 is 0 Å². The third kappa shape index (κ3) is 4.92. The molecule has 0 saturated heterocycles. The third-order valence-corrected chi connectivity index (χ3v) is 12.1. The maximum Gasteiger partial charge on any atom is 0.0541 e. The molecule has 0 spiro atoms. The first-order chi connectivity index (χ1) is 28.8. The fourth-order valence-corrected chi connectivity index (χ4v) is 9.57. The first-order valence-electron chi connectivity index (χ1n) is 20.0. The van der Waals surface area contributed by atoms with Crippen molar-refractivity contribution >= 4 is 65.2 Å². The predicted octanol–water partition coefficient (Wildman–Crippen LogP) is 15.2. The molecule has 0 amide bonds. The van der Waals surface area contributed by atoms with Crippen LogP contribution in [0.15, 0.2) is 218 Å². The molecule has 0 bridgehead atoms. The number of hydrogen-bond donors (Lipinski definition) is 0. The molecule has 10 aromatic carbocycles. The molecule has 0 unspecified atom stereocenters. The lowest BCUT2D eigenvalue weighted by molar-refractivity contribution is 1.18. The minimum Gasteiger partial charge on any atom is -0.309 e. The Hall–Kier alpha value is -7.68. The average Bonchev–Trinajstić information content (AvgIpc) is 3.81. The van der Waals surface area contributed by atoms with E-state index in [1.165, 1.54) is 104 Å². The van der Waals surface area contributed by atoms with Gasteiger partial charge in [0.2, 0.25) is 0 Å². The summed E-state index contributed by atoms with van der Waals surface area (Å²) in [5.41, 5.74) is 14.6. The van der Waals surface area contributed by atoms with Crippen LogP contribution >= 0.6 is 0 Å². The van der Waals surface area contributed by atoms with E-state index in [1.807, 2.05) is 0 Å². The zero-order valence-electron chi connectivity index (χ0n) is 31.7. The Kier molecular flexibility index (Phi) is 7.26. The Labute approximate surface area is 336 Å². The molecule has 58 heavy (non-hydrogen) atoms. The fraction of sp³-hybridized carbons (Fsp3) is 0. The topological polar surface area (TPSA) is 9.86 Å². The molecule has 2 nitrogen and oxygen atoms in total. The molecule has 0 atom stereocenters. The van der Waals surface area contributed by atoms with Gasteiger partial charge in [0.15, 0.2) is 0 Å². The molecule has 0 aliphatic carbocycles. The van der Waals surface area contributed by atoms with Gasteiger partial charge in [0.1, 0.15) is 0 Å². The summed E-state index contributed by atoms with van der Waals surface area (Å²) < 4.78 is 4.80. The van der Waals surface area contributed by atoms with E-state index in [0.29, 0.717) is 0 Å². The van der Waals surface area contributed by atoms with Crippen LogP contribution in [0.25, 0.3) is 110 Å². The average molecular weight is 737 g/mol. The minimum atomic E-state index is 1.15. The quantitative estimate of drug-likeness (QED) is 0.156. The Bertz CT molecular complexity index is 3480. The van der Waals surface area contributed by atoms with Gasteiger partial charge in [-0.1, -0.05) is 158 Å². The molecular formula is C56H36N2. The Morgan fingerprint density at radius 1 is 0.207 bits per heavy atom. The summed E-state index contributed by atoms with van der Waals surface area (Å²) in [7, 11) is 0. The van der Waals surface area contributed by atoms with Crippen molar-refractivity contribution in [2.24, 2.45) is 0 Å². The van der Waals surface area contributed by atoms with Crippen molar-refractivity contribution in [1.82, 2.24) is 9.13 Å². The Morgan fingerprint density at radius 3 is 1.00 bits per heavy atom. The summed E-state index contributed by atoms with van der Waals surface area (Å²) in [6, 6.07) is 79.9. The smallest absolute Gasteiger partial charge is 0.0541 e. The van der Waals surface area contributed by atoms with E-state index in [9.17, 15) is 0 Å². The van der Waals surface area contributed by atoms with Gasteiger partial charge in [0, 0.05) is 32.9 Å². The van der Waals surface area contributed by atoms with E-state index in [2.05, 4.69) is 228 Å². The van der Waals surface area contributed by atoms with Crippen LogP contribution in [0.5, 0.6) is 0 Å². The van der Waals surface area contributed by atoms with Gasteiger partial charge < -0.3 is 9.13 Å². The highest BCUT2D eigenvalue weighted by Crippen LogP contribution is 2.44. The van der Waals surface area contributed by atoms with Crippen LogP contribution in [0.1, 0.15) is 0 Å². The molecule has 2 aromatic heterocycles. The molecule has 0 fully saturated rings. The lowest BCUT2D eigenvalue weighted by atomic mass is 9.86. The Balaban J connectivity index is 0.993. The van der Waals surface area contributed by atoms with Gasteiger partial charge in [0.25, 0.3) is 0 Å². The fourth-order valence-electron chi connectivity index (χ4n) is 9.57. The van der Waals surface area contributed by atoms with Crippen molar-refractivity contribution in [3.8, 4) is 44.8 Å². The van der Waals surface area contributed by atoms with E-state index < -0.39 is 0 Å². The first-order valence-corrected chi connectivity index (χ1v) is 20.0. The van der Waals surface area contributed by atoms with E-state index in [-0.39, 0.29) is 0 Å². The van der Waals surface area contributed by atoms with Crippen LogP contribution in [0, 0.1) is 0 Å². The normalized spacial score (nSPS) is 11.8. The molecule has 0 saturated carbocycles. The van der Waals surface area contributed by atoms with Gasteiger partial charge in [-0.15, -0.1) is 0 Å². The van der Waals surface area contributed by atoms with Gasteiger partial charge in [-0.3, -0.25) is 0 Å². The number of para-hydroxylation sites is 3. The highest BCUT2D eigenvalue weighted by molar-refractivity contribution is 6.21. The lowest BCUT2D eigenvalue weighted by Gasteiger charge is -2.18. The van der Waals surface area contributed by atoms with Gasteiger partial charge in [0.05, 0.1) is 22.1 Å². The monoisotopic (exact) mass is 736 g/mol. The second kappa shape index (κ2) is 12.9. The largest absolute Gasteiger partial charge is 0.309 e. The van der Waals surface area contributed by atoms with Gasteiger partial charge in [-0.05, 0) is 116 Å². The molecule has 2 heterocycles. The number of hydrogen-bond acceptors (Lipinski definition) is 0. The van der Waals surface area contributed by atoms with E-state index in [4.69, 9.17) is 0 Å². The maximum atomic E-state index is 2.42. The zero-order valence-corrected chi connectivity index (χ0v) is 31.7.